The fourth-order valence-electron chi connectivity index (χ4n) is 6.33. The molecule has 48 heavy (non-hydrogen) atoms. The van der Waals surface area contributed by atoms with Gasteiger partial charge in [0.25, 0.3) is 0 Å². The van der Waals surface area contributed by atoms with E-state index in [9.17, 15) is 0 Å². The molecule has 0 unspecified atom stereocenters. The molecule has 4 nitrogen and oxygen atoms in total. The van der Waals surface area contributed by atoms with Crippen LogP contribution in [0.5, 0.6) is 0 Å². The summed E-state index contributed by atoms with van der Waals surface area (Å²) in [7, 11) is 0. The number of nitrogens with zero attached hydrogens (tertiary/aromatic N) is 1. The number of H-pyrrole nitrogens is 1. The molecule has 0 radical (unpaired) electrons. The maximum Gasteiger partial charge on any atom is 1.00 e. The van der Waals surface area contributed by atoms with Crippen LogP contribution < -0.4 is 41.0 Å². The van der Waals surface area contributed by atoms with Crippen LogP contribution in [-0.4, -0.2) is 22.6 Å². The number of nitrogens with one attached hydrogen (secondary N) is 1. The Hall–Kier alpha value is -3.87. The minimum absolute atomic E-state index is 0. The minimum atomic E-state index is 0. The van der Waals surface area contributed by atoms with Crippen molar-refractivity contribution in [3.8, 4) is 0 Å². The minimum Gasteiger partial charge on any atom is -1.00 e. The average molecular weight is 661 g/mol. The number of halogens is 1. The zero-order valence-corrected chi connectivity index (χ0v) is 30.3. The van der Waals surface area contributed by atoms with E-state index in [-0.39, 0.29) is 31.0 Å². The summed E-state index contributed by atoms with van der Waals surface area (Å²) in [5, 5.41) is 7.75. The molecule has 0 aliphatic heterocycles. The SMILES string of the molecule is ClCc1cccc2ccccc12.NCCc1c[nH]c2ccccc12.NCCc1cn(Cc2cccc3ccccc23)c2ccccc12.[H-].[Na+]. The molecule has 0 amide bonds. The summed E-state index contributed by atoms with van der Waals surface area (Å²) in [5.74, 6) is 0.585. The topological polar surface area (TPSA) is 72.8 Å². The standard InChI is InChI=1S/C21H20N2.C11H9Cl.C10H12N2.Na.H/c22-13-12-18-15-23(21-11-4-3-10-20(18)21)14-17-8-5-7-16-6-1-2-9-19(16)17;12-8-10-6-3-5-9-4-1-2-7-11(9)10;11-6-5-8-7-12-10-4-2-1-3-9(8)10;;/h1-11,15H,12-14,22H2;1-7H,8H2;1-4,7,12H,5-6,11H2;;/q;;;+1;-1. The van der Waals surface area contributed by atoms with Crippen LogP contribution in [0.25, 0.3) is 43.4 Å². The molecule has 0 saturated heterocycles. The molecule has 2 heterocycles. The Kier molecular flexibility index (Phi) is 12.9. The first-order valence-electron chi connectivity index (χ1n) is 16.2. The van der Waals surface area contributed by atoms with Gasteiger partial charge in [0.15, 0.2) is 0 Å². The Morgan fingerprint density at radius 1 is 0.542 bits per heavy atom. The third-order valence-electron chi connectivity index (χ3n) is 8.62. The van der Waals surface area contributed by atoms with E-state index in [2.05, 4.69) is 125 Å². The van der Waals surface area contributed by atoms with E-state index in [1.807, 2.05) is 30.5 Å². The van der Waals surface area contributed by atoms with Crippen molar-refractivity contribution in [2.45, 2.75) is 25.3 Å². The zero-order chi connectivity index (χ0) is 32.4. The molecule has 238 valence electrons. The van der Waals surface area contributed by atoms with E-state index >= 15 is 0 Å². The monoisotopic (exact) mass is 660 g/mol. The van der Waals surface area contributed by atoms with Gasteiger partial charge in [0, 0.05) is 46.6 Å². The first-order valence-corrected chi connectivity index (χ1v) is 16.7. The van der Waals surface area contributed by atoms with E-state index in [0.717, 1.165) is 19.4 Å². The van der Waals surface area contributed by atoms with Crippen LogP contribution in [0.15, 0.2) is 146 Å². The van der Waals surface area contributed by atoms with E-state index in [4.69, 9.17) is 23.1 Å². The molecule has 2 aromatic heterocycles. The number of hydrogen-bond acceptors (Lipinski definition) is 2. The summed E-state index contributed by atoms with van der Waals surface area (Å²) in [4.78, 5) is 3.22. The second kappa shape index (κ2) is 17.5. The van der Waals surface area contributed by atoms with Crippen molar-refractivity contribution in [1.29, 1.82) is 0 Å². The normalized spacial score (nSPS) is 10.7. The first kappa shape index (κ1) is 35.4. The quantitative estimate of drug-likeness (QED) is 0.131. The van der Waals surface area contributed by atoms with Crippen LogP contribution in [0.4, 0.5) is 0 Å². The van der Waals surface area contributed by atoms with Crippen LogP contribution in [0.3, 0.4) is 0 Å². The fraction of sp³-hybridized carbons (Fsp3) is 0.143. The Bertz CT molecular complexity index is 2210. The number of rotatable bonds is 7. The van der Waals surface area contributed by atoms with Crippen LogP contribution in [-0.2, 0) is 25.3 Å². The Balaban J connectivity index is 0.000000177. The summed E-state index contributed by atoms with van der Waals surface area (Å²) < 4.78 is 2.35. The third-order valence-corrected chi connectivity index (χ3v) is 8.91. The number of alkyl halides is 1. The van der Waals surface area contributed by atoms with Crippen molar-refractivity contribution in [2.24, 2.45) is 11.5 Å². The van der Waals surface area contributed by atoms with Gasteiger partial charge in [0.05, 0.1) is 0 Å². The Morgan fingerprint density at radius 3 is 1.73 bits per heavy atom. The van der Waals surface area contributed by atoms with Crippen molar-refractivity contribution < 1.29 is 31.0 Å². The molecule has 8 rings (SSSR count). The van der Waals surface area contributed by atoms with Gasteiger partial charge in [-0.3, -0.25) is 0 Å². The molecule has 5 N–H and O–H groups in total. The van der Waals surface area contributed by atoms with Crippen molar-refractivity contribution in [1.82, 2.24) is 9.55 Å². The average Bonchev–Trinajstić information content (AvgIpc) is 3.70. The summed E-state index contributed by atoms with van der Waals surface area (Å²) in [6, 6.07) is 46.5. The second-order valence-corrected chi connectivity index (χ2v) is 11.9. The Labute approximate surface area is 311 Å². The number of fused-ring (bicyclic) bond motifs is 4. The summed E-state index contributed by atoms with van der Waals surface area (Å²) in [5.41, 5.74) is 19.0. The van der Waals surface area contributed by atoms with Crippen molar-refractivity contribution in [3.05, 3.63) is 168 Å². The molecule has 6 aromatic carbocycles. The maximum atomic E-state index is 5.81. The van der Waals surface area contributed by atoms with E-state index < -0.39 is 0 Å². The van der Waals surface area contributed by atoms with Gasteiger partial charge in [0.2, 0.25) is 0 Å². The number of benzene rings is 6. The smallest absolute Gasteiger partial charge is 1.00 e. The van der Waals surface area contributed by atoms with Gasteiger partial charge in [-0.25, -0.2) is 0 Å². The van der Waals surface area contributed by atoms with E-state index in [1.165, 1.54) is 65.6 Å². The van der Waals surface area contributed by atoms with Gasteiger partial charge in [-0.1, -0.05) is 121 Å². The van der Waals surface area contributed by atoms with Gasteiger partial charge in [-0.15, -0.1) is 11.6 Å². The van der Waals surface area contributed by atoms with Gasteiger partial charge >= 0.3 is 29.6 Å². The van der Waals surface area contributed by atoms with E-state index in [0.29, 0.717) is 19.0 Å². The number of aromatic nitrogens is 2. The van der Waals surface area contributed by atoms with Crippen LogP contribution in [0.1, 0.15) is 23.7 Å². The first-order chi connectivity index (χ1) is 23.2. The molecule has 0 bridgehead atoms. The van der Waals surface area contributed by atoms with Crippen molar-refractivity contribution in [2.75, 3.05) is 13.1 Å². The largest absolute Gasteiger partial charge is 1.00 e. The van der Waals surface area contributed by atoms with Crippen LogP contribution in [0.2, 0.25) is 0 Å². The number of para-hydroxylation sites is 2. The maximum absolute atomic E-state index is 5.81. The van der Waals surface area contributed by atoms with Crippen molar-refractivity contribution >= 4 is 55.0 Å². The Morgan fingerprint density at radius 2 is 1.06 bits per heavy atom. The van der Waals surface area contributed by atoms with Crippen LogP contribution >= 0.6 is 11.6 Å². The molecular formula is C42H42ClN4Na. The molecule has 6 heteroatoms. The molecule has 0 aliphatic rings. The number of hydrogen-bond donors (Lipinski definition) is 3. The van der Waals surface area contributed by atoms with Crippen LogP contribution in [0, 0.1) is 0 Å². The molecule has 0 atom stereocenters. The molecule has 0 fully saturated rings. The summed E-state index contributed by atoms with van der Waals surface area (Å²) in [6.45, 7) is 2.27. The van der Waals surface area contributed by atoms with Gasteiger partial charge < -0.3 is 22.4 Å². The zero-order valence-electron chi connectivity index (χ0n) is 28.6. The fourth-order valence-corrected chi connectivity index (χ4v) is 6.56. The number of nitrogens with two attached hydrogens (primary N) is 2. The number of aromatic amines is 1. The van der Waals surface area contributed by atoms with Gasteiger partial charge in [-0.05, 0) is 81.9 Å². The molecule has 8 aromatic rings. The van der Waals surface area contributed by atoms with Crippen molar-refractivity contribution in [3.63, 3.8) is 0 Å². The summed E-state index contributed by atoms with van der Waals surface area (Å²) in [6.07, 6.45) is 6.17. The summed E-state index contributed by atoms with van der Waals surface area (Å²) >= 11 is 5.81. The predicted molar refractivity (Wildman–Crippen MR) is 203 cm³/mol. The van der Waals surface area contributed by atoms with E-state index in [1.54, 1.807) is 0 Å². The molecular weight excluding hydrogens is 619 g/mol. The van der Waals surface area contributed by atoms with Gasteiger partial charge in [0.1, 0.15) is 0 Å². The molecule has 0 saturated carbocycles. The molecule has 0 aliphatic carbocycles. The third kappa shape index (κ3) is 8.22. The predicted octanol–water partition coefficient (Wildman–Crippen LogP) is 6.71. The van der Waals surface area contributed by atoms with Gasteiger partial charge in [-0.2, -0.15) is 0 Å². The molecule has 0 spiro atoms. The second-order valence-electron chi connectivity index (χ2n) is 11.6.